The van der Waals surface area contributed by atoms with Crippen LogP contribution in [-0.2, 0) is 0 Å². The average molecular weight is 222 g/mol. The van der Waals surface area contributed by atoms with Crippen LogP contribution in [0.4, 0.5) is 13.2 Å². The predicted octanol–water partition coefficient (Wildman–Crippen LogP) is 1.79. The maximum absolute atomic E-state index is 12.4. The van der Waals surface area contributed by atoms with Crippen molar-refractivity contribution in [2.24, 2.45) is 0 Å². The summed E-state index contributed by atoms with van der Waals surface area (Å²) >= 11 is 0. The van der Waals surface area contributed by atoms with E-state index in [0.29, 0.717) is 12.1 Å². The van der Waals surface area contributed by atoms with Gasteiger partial charge < -0.3 is 5.32 Å². The summed E-state index contributed by atoms with van der Waals surface area (Å²) in [7, 11) is 0. The van der Waals surface area contributed by atoms with Crippen LogP contribution in [0.3, 0.4) is 0 Å². The number of alkyl halides is 3. The number of allylic oxidation sites excluding steroid dienone is 1. The number of hydrogen-bond acceptors (Lipinski definition) is 2. The molecule has 0 amide bonds. The second-order valence-electron chi connectivity index (χ2n) is 3.93. The first-order valence-electron chi connectivity index (χ1n) is 5.08. The zero-order chi connectivity index (χ0) is 11.5. The molecule has 1 heterocycles. The first-order chi connectivity index (χ1) is 6.91. The summed E-state index contributed by atoms with van der Waals surface area (Å²) in [5.41, 5.74) is -0.0366. The van der Waals surface area contributed by atoms with Crippen LogP contribution in [-0.4, -0.2) is 43.8 Å². The van der Waals surface area contributed by atoms with E-state index in [0.717, 1.165) is 33.1 Å². The standard InChI is InChI=1S/C10H17F3N2/c1-8(9(2)10(11,12)13)7-15-5-3-14-4-6-15/h14H,3-7H2,1-2H3/b9-8-. The Morgan fingerprint density at radius 3 is 2.20 bits per heavy atom. The Morgan fingerprint density at radius 1 is 1.20 bits per heavy atom. The molecule has 0 aliphatic carbocycles. The molecule has 0 aromatic heterocycles. The maximum atomic E-state index is 12.4. The highest BCUT2D eigenvalue weighted by Crippen LogP contribution is 2.27. The highest BCUT2D eigenvalue weighted by molar-refractivity contribution is 5.16. The fraction of sp³-hybridized carbons (Fsp3) is 0.800. The van der Waals surface area contributed by atoms with Gasteiger partial charge in [0.25, 0.3) is 0 Å². The molecule has 2 nitrogen and oxygen atoms in total. The molecule has 1 fully saturated rings. The minimum Gasteiger partial charge on any atom is -0.314 e. The molecule has 1 N–H and O–H groups in total. The smallest absolute Gasteiger partial charge is 0.314 e. The molecule has 0 aromatic carbocycles. The second-order valence-corrected chi connectivity index (χ2v) is 3.93. The molecular formula is C10H17F3N2. The number of nitrogens with one attached hydrogen (secondary N) is 1. The minimum atomic E-state index is -4.18. The molecule has 1 aliphatic heterocycles. The molecule has 0 atom stereocenters. The number of halogens is 3. The number of piperazine rings is 1. The van der Waals surface area contributed by atoms with Gasteiger partial charge in [-0.3, -0.25) is 4.90 Å². The fourth-order valence-electron chi connectivity index (χ4n) is 1.57. The SMILES string of the molecule is C/C(CN1CCNCC1)=C(\C)C(F)(F)F. The monoisotopic (exact) mass is 222 g/mol. The Hall–Kier alpha value is -0.550. The largest absolute Gasteiger partial charge is 0.412 e. The van der Waals surface area contributed by atoms with Crippen LogP contribution in [0.15, 0.2) is 11.1 Å². The van der Waals surface area contributed by atoms with Gasteiger partial charge in [0.2, 0.25) is 0 Å². The quantitative estimate of drug-likeness (QED) is 0.717. The Labute approximate surface area is 88.1 Å². The van der Waals surface area contributed by atoms with Crippen LogP contribution in [0.1, 0.15) is 13.8 Å². The van der Waals surface area contributed by atoms with Crippen LogP contribution in [0, 0.1) is 0 Å². The van der Waals surface area contributed by atoms with Crippen LogP contribution < -0.4 is 5.32 Å². The van der Waals surface area contributed by atoms with Crippen molar-refractivity contribution < 1.29 is 13.2 Å². The fourth-order valence-corrected chi connectivity index (χ4v) is 1.57. The minimum absolute atomic E-state index is 0.421. The summed E-state index contributed by atoms with van der Waals surface area (Å²) in [6.45, 7) is 6.50. The Bertz CT molecular complexity index is 240. The lowest BCUT2D eigenvalue weighted by Crippen LogP contribution is -2.44. The zero-order valence-electron chi connectivity index (χ0n) is 9.12. The summed E-state index contributed by atoms with van der Waals surface area (Å²) < 4.78 is 37.1. The first kappa shape index (κ1) is 12.5. The van der Waals surface area contributed by atoms with E-state index < -0.39 is 11.7 Å². The summed E-state index contributed by atoms with van der Waals surface area (Å²) in [5, 5.41) is 3.17. The number of rotatable bonds is 2. The van der Waals surface area contributed by atoms with Crippen LogP contribution in [0.25, 0.3) is 0 Å². The highest BCUT2D eigenvalue weighted by Gasteiger charge is 2.31. The number of nitrogens with zero attached hydrogens (tertiary/aromatic N) is 1. The van der Waals surface area contributed by atoms with E-state index in [9.17, 15) is 13.2 Å². The molecule has 5 heteroatoms. The second kappa shape index (κ2) is 4.99. The van der Waals surface area contributed by atoms with E-state index in [1.54, 1.807) is 6.92 Å². The van der Waals surface area contributed by atoms with Crippen molar-refractivity contribution in [2.75, 3.05) is 32.7 Å². The van der Waals surface area contributed by atoms with Gasteiger partial charge in [-0.1, -0.05) is 5.57 Å². The molecule has 0 bridgehead atoms. The topological polar surface area (TPSA) is 15.3 Å². The van der Waals surface area contributed by atoms with Gasteiger partial charge >= 0.3 is 6.18 Å². The van der Waals surface area contributed by atoms with Crippen LogP contribution in [0.5, 0.6) is 0 Å². The molecular weight excluding hydrogens is 205 g/mol. The summed E-state index contributed by atoms with van der Waals surface area (Å²) in [5.74, 6) is 0. The number of hydrogen-bond donors (Lipinski definition) is 1. The lowest BCUT2D eigenvalue weighted by Gasteiger charge is -2.28. The van der Waals surface area contributed by atoms with Crippen molar-refractivity contribution in [2.45, 2.75) is 20.0 Å². The Balaban J connectivity index is 2.56. The van der Waals surface area contributed by atoms with E-state index in [-0.39, 0.29) is 0 Å². The summed E-state index contributed by atoms with van der Waals surface area (Å²) in [6, 6.07) is 0. The third kappa shape index (κ3) is 3.83. The zero-order valence-corrected chi connectivity index (χ0v) is 9.12. The van der Waals surface area contributed by atoms with Gasteiger partial charge in [-0.05, 0) is 13.8 Å². The molecule has 15 heavy (non-hydrogen) atoms. The summed E-state index contributed by atoms with van der Waals surface area (Å²) in [4.78, 5) is 2.04. The molecule has 1 rings (SSSR count). The van der Waals surface area contributed by atoms with Gasteiger partial charge in [-0.2, -0.15) is 13.2 Å². The average Bonchev–Trinajstić information content (AvgIpc) is 2.16. The molecule has 0 aromatic rings. The van der Waals surface area contributed by atoms with Gasteiger partial charge in [0.15, 0.2) is 0 Å². The molecule has 0 saturated carbocycles. The van der Waals surface area contributed by atoms with Crippen molar-refractivity contribution in [3.63, 3.8) is 0 Å². The molecule has 1 saturated heterocycles. The van der Waals surface area contributed by atoms with Crippen molar-refractivity contribution >= 4 is 0 Å². The highest BCUT2D eigenvalue weighted by atomic mass is 19.4. The lowest BCUT2D eigenvalue weighted by atomic mass is 10.1. The van der Waals surface area contributed by atoms with Crippen LogP contribution in [0.2, 0.25) is 0 Å². The maximum Gasteiger partial charge on any atom is 0.412 e. The van der Waals surface area contributed by atoms with E-state index in [1.807, 2.05) is 4.90 Å². The third-order valence-corrected chi connectivity index (χ3v) is 2.74. The molecule has 88 valence electrons. The normalized spacial score (nSPS) is 21.4. The van der Waals surface area contributed by atoms with Crippen LogP contribution >= 0.6 is 0 Å². The van der Waals surface area contributed by atoms with Crippen molar-refractivity contribution in [1.82, 2.24) is 10.2 Å². The van der Waals surface area contributed by atoms with Gasteiger partial charge in [0.05, 0.1) is 0 Å². The van der Waals surface area contributed by atoms with E-state index in [4.69, 9.17) is 0 Å². The molecule has 0 spiro atoms. The van der Waals surface area contributed by atoms with E-state index >= 15 is 0 Å². The van der Waals surface area contributed by atoms with E-state index in [1.165, 1.54) is 0 Å². The van der Waals surface area contributed by atoms with E-state index in [2.05, 4.69) is 5.32 Å². The van der Waals surface area contributed by atoms with Gasteiger partial charge in [0.1, 0.15) is 0 Å². The molecule has 0 radical (unpaired) electrons. The van der Waals surface area contributed by atoms with Crippen molar-refractivity contribution in [3.8, 4) is 0 Å². The first-order valence-corrected chi connectivity index (χ1v) is 5.08. The Kier molecular flexibility index (Phi) is 4.16. The predicted molar refractivity (Wildman–Crippen MR) is 53.7 cm³/mol. The van der Waals surface area contributed by atoms with Gasteiger partial charge in [-0.25, -0.2) is 0 Å². The van der Waals surface area contributed by atoms with Crippen molar-refractivity contribution in [1.29, 1.82) is 0 Å². The molecule has 1 aliphatic rings. The van der Waals surface area contributed by atoms with Crippen molar-refractivity contribution in [3.05, 3.63) is 11.1 Å². The Morgan fingerprint density at radius 2 is 1.73 bits per heavy atom. The summed E-state index contributed by atoms with van der Waals surface area (Å²) in [6.07, 6.45) is -4.18. The lowest BCUT2D eigenvalue weighted by molar-refractivity contribution is -0.0924. The van der Waals surface area contributed by atoms with Gasteiger partial charge in [0, 0.05) is 38.3 Å². The molecule has 0 unspecified atom stereocenters. The third-order valence-electron chi connectivity index (χ3n) is 2.74. The van der Waals surface area contributed by atoms with Gasteiger partial charge in [-0.15, -0.1) is 0 Å².